The largest absolute Gasteiger partial charge is 0.307 e. The molecule has 1 amide bonds. The van der Waals surface area contributed by atoms with Gasteiger partial charge in [0.15, 0.2) is 5.78 Å². The number of Topliss-reactive ketones (excluding diaryl/α,β-unsaturated/α-hetero) is 1. The number of fused-ring (bicyclic) bond motifs is 1. The highest BCUT2D eigenvalue weighted by Gasteiger charge is 2.39. The molecule has 1 aliphatic heterocycles. The number of nitrogens with zero attached hydrogens (tertiary/aromatic N) is 1. The SMILES string of the molecule is CC(=O)c1cc2c(cc1C)N(C(C)=O)C(C)(C)C[C@@H]2C. The molecule has 0 bridgehead atoms. The van der Waals surface area contributed by atoms with Crippen LogP contribution in [0.5, 0.6) is 0 Å². The fraction of sp³-hybridized carbons (Fsp3) is 0.529. The summed E-state index contributed by atoms with van der Waals surface area (Å²) in [6.45, 7) is 11.5. The first kappa shape index (κ1) is 14.8. The van der Waals surface area contributed by atoms with Crippen LogP contribution in [0.3, 0.4) is 0 Å². The van der Waals surface area contributed by atoms with Crippen LogP contribution in [0.2, 0.25) is 0 Å². The molecule has 20 heavy (non-hydrogen) atoms. The highest BCUT2D eigenvalue weighted by Crippen LogP contribution is 2.44. The monoisotopic (exact) mass is 273 g/mol. The number of ketones is 1. The number of carbonyl (C=O) groups is 2. The van der Waals surface area contributed by atoms with Crippen molar-refractivity contribution in [3.05, 3.63) is 28.8 Å². The van der Waals surface area contributed by atoms with Crippen molar-refractivity contribution < 1.29 is 9.59 Å². The average molecular weight is 273 g/mol. The molecule has 0 aromatic heterocycles. The molecule has 108 valence electrons. The van der Waals surface area contributed by atoms with E-state index in [2.05, 4.69) is 20.8 Å². The van der Waals surface area contributed by atoms with Gasteiger partial charge < -0.3 is 4.90 Å². The first-order chi connectivity index (χ1) is 9.15. The van der Waals surface area contributed by atoms with Gasteiger partial charge in [-0.15, -0.1) is 0 Å². The molecule has 2 rings (SSSR count). The zero-order valence-corrected chi connectivity index (χ0v) is 13.2. The minimum atomic E-state index is -0.192. The van der Waals surface area contributed by atoms with Crippen LogP contribution < -0.4 is 4.90 Å². The Balaban J connectivity index is 2.70. The molecule has 0 fully saturated rings. The Labute approximate surface area is 121 Å². The molecule has 0 saturated heterocycles. The van der Waals surface area contributed by atoms with Gasteiger partial charge in [-0.05, 0) is 63.3 Å². The maximum atomic E-state index is 12.1. The molecular formula is C17H23NO2. The highest BCUT2D eigenvalue weighted by molar-refractivity contribution is 5.99. The quantitative estimate of drug-likeness (QED) is 0.729. The smallest absolute Gasteiger partial charge is 0.224 e. The van der Waals surface area contributed by atoms with Crippen molar-refractivity contribution in [1.29, 1.82) is 0 Å². The van der Waals surface area contributed by atoms with Crippen LogP contribution >= 0.6 is 0 Å². The zero-order chi connectivity index (χ0) is 15.2. The van der Waals surface area contributed by atoms with Crippen molar-refractivity contribution in [3.63, 3.8) is 0 Å². The van der Waals surface area contributed by atoms with Crippen LogP contribution in [0, 0.1) is 6.92 Å². The van der Waals surface area contributed by atoms with Gasteiger partial charge in [-0.3, -0.25) is 9.59 Å². The Hall–Kier alpha value is -1.64. The van der Waals surface area contributed by atoms with Crippen LogP contribution in [0.25, 0.3) is 0 Å². The van der Waals surface area contributed by atoms with E-state index in [0.29, 0.717) is 5.92 Å². The van der Waals surface area contributed by atoms with Crippen molar-refractivity contribution in [2.24, 2.45) is 0 Å². The predicted molar refractivity (Wildman–Crippen MR) is 81.5 cm³/mol. The van der Waals surface area contributed by atoms with Crippen LogP contribution in [0.15, 0.2) is 12.1 Å². The van der Waals surface area contributed by atoms with Crippen LogP contribution in [-0.4, -0.2) is 17.2 Å². The van der Waals surface area contributed by atoms with Gasteiger partial charge >= 0.3 is 0 Å². The lowest BCUT2D eigenvalue weighted by molar-refractivity contribution is -0.117. The number of hydrogen-bond acceptors (Lipinski definition) is 2. The molecule has 0 N–H and O–H groups in total. The molecule has 3 heteroatoms. The second-order valence-corrected chi connectivity index (χ2v) is 6.55. The van der Waals surface area contributed by atoms with Gasteiger partial charge in [-0.25, -0.2) is 0 Å². The summed E-state index contributed by atoms with van der Waals surface area (Å²) in [5, 5.41) is 0. The molecule has 0 radical (unpaired) electrons. The van der Waals surface area contributed by atoms with Gasteiger partial charge in [0, 0.05) is 23.7 Å². The Kier molecular flexibility index (Phi) is 3.49. The fourth-order valence-corrected chi connectivity index (χ4v) is 3.55. The Morgan fingerprint density at radius 2 is 1.85 bits per heavy atom. The third kappa shape index (κ3) is 2.26. The third-order valence-electron chi connectivity index (χ3n) is 4.25. The average Bonchev–Trinajstić information content (AvgIpc) is 2.25. The van der Waals surface area contributed by atoms with Gasteiger partial charge in [0.1, 0.15) is 0 Å². The van der Waals surface area contributed by atoms with Crippen LogP contribution in [0.1, 0.15) is 68.4 Å². The van der Waals surface area contributed by atoms with Crippen LogP contribution in [0.4, 0.5) is 5.69 Å². The predicted octanol–water partition coefficient (Wildman–Crippen LogP) is 3.84. The minimum Gasteiger partial charge on any atom is -0.307 e. The van der Waals surface area contributed by atoms with Crippen LogP contribution in [-0.2, 0) is 4.79 Å². The summed E-state index contributed by atoms with van der Waals surface area (Å²) in [5.74, 6) is 0.476. The molecule has 1 atom stereocenters. The van der Waals surface area contributed by atoms with E-state index in [0.717, 1.165) is 28.8 Å². The standard InChI is InChI=1S/C17H23NO2/c1-10-7-16-15(8-14(10)12(3)19)11(2)9-17(5,6)18(16)13(4)20/h7-8,11H,9H2,1-6H3/t11-/m0/s1. The summed E-state index contributed by atoms with van der Waals surface area (Å²) in [7, 11) is 0. The molecule has 1 aromatic carbocycles. The number of amides is 1. The molecule has 1 aromatic rings. The summed E-state index contributed by atoms with van der Waals surface area (Å²) < 4.78 is 0. The van der Waals surface area contributed by atoms with E-state index in [4.69, 9.17) is 0 Å². The van der Waals surface area contributed by atoms with Gasteiger partial charge in [-0.1, -0.05) is 6.92 Å². The number of hydrogen-bond donors (Lipinski definition) is 0. The Bertz CT molecular complexity index is 587. The molecule has 1 heterocycles. The molecular weight excluding hydrogens is 250 g/mol. The minimum absolute atomic E-state index is 0.0538. The van der Waals surface area contributed by atoms with Gasteiger partial charge in [0.25, 0.3) is 0 Å². The van der Waals surface area contributed by atoms with E-state index in [1.807, 2.05) is 24.0 Å². The lowest BCUT2D eigenvalue weighted by Crippen LogP contribution is -2.50. The summed E-state index contributed by atoms with van der Waals surface area (Å²) >= 11 is 0. The highest BCUT2D eigenvalue weighted by atomic mass is 16.2. The Morgan fingerprint density at radius 1 is 1.25 bits per heavy atom. The number of carbonyl (C=O) groups excluding carboxylic acids is 2. The molecule has 0 spiro atoms. The number of aryl methyl sites for hydroxylation is 1. The second kappa shape index (κ2) is 4.72. The topological polar surface area (TPSA) is 37.4 Å². The van der Waals surface area contributed by atoms with E-state index < -0.39 is 0 Å². The van der Waals surface area contributed by atoms with Gasteiger partial charge in [0.2, 0.25) is 5.91 Å². The van der Waals surface area contributed by atoms with Crippen molar-refractivity contribution in [3.8, 4) is 0 Å². The third-order valence-corrected chi connectivity index (χ3v) is 4.25. The van der Waals surface area contributed by atoms with Crippen molar-refractivity contribution in [2.45, 2.75) is 59.4 Å². The number of benzene rings is 1. The molecule has 3 nitrogen and oxygen atoms in total. The number of anilines is 1. The van der Waals surface area contributed by atoms with Gasteiger partial charge in [-0.2, -0.15) is 0 Å². The fourth-order valence-electron chi connectivity index (χ4n) is 3.55. The molecule has 0 unspecified atom stereocenters. The van der Waals surface area contributed by atoms with E-state index in [1.54, 1.807) is 13.8 Å². The maximum Gasteiger partial charge on any atom is 0.224 e. The number of rotatable bonds is 1. The van der Waals surface area contributed by atoms with Gasteiger partial charge in [0.05, 0.1) is 0 Å². The zero-order valence-electron chi connectivity index (χ0n) is 13.2. The molecule has 0 aliphatic carbocycles. The van der Waals surface area contributed by atoms with E-state index >= 15 is 0 Å². The maximum absolute atomic E-state index is 12.1. The first-order valence-corrected chi connectivity index (χ1v) is 7.11. The first-order valence-electron chi connectivity index (χ1n) is 7.11. The Morgan fingerprint density at radius 3 is 2.35 bits per heavy atom. The van der Waals surface area contributed by atoms with Crippen molar-refractivity contribution >= 4 is 17.4 Å². The molecule has 0 saturated carbocycles. The van der Waals surface area contributed by atoms with E-state index in [9.17, 15) is 9.59 Å². The lowest BCUT2D eigenvalue weighted by atomic mass is 9.78. The molecule has 1 aliphatic rings. The van der Waals surface area contributed by atoms with Crippen molar-refractivity contribution in [1.82, 2.24) is 0 Å². The lowest BCUT2D eigenvalue weighted by Gasteiger charge is -2.46. The summed E-state index contributed by atoms with van der Waals surface area (Å²) in [6, 6.07) is 3.97. The summed E-state index contributed by atoms with van der Waals surface area (Å²) in [6.07, 6.45) is 0.903. The summed E-state index contributed by atoms with van der Waals surface area (Å²) in [4.78, 5) is 25.7. The second-order valence-electron chi connectivity index (χ2n) is 6.55. The van der Waals surface area contributed by atoms with E-state index in [-0.39, 0.29) is 17.2 Å². The summed E-state index contributed by atoms with van der Waals surface area (Å²) in [5.41, 5.74) is 3.58. The normalized spacial score (nSPS) is 20.5. The van der Waals surface area contributed by atoms with E-state index in [1.165, 1.54) is 0 Å². The van der Waals surface area contributed by atoms with Crippen molar-refractivity contribution in [2.75, 3.05) is 4.90 Å².